The molecule has 1 N–H and O–H groups in total. The number of hydrogen-bond acceptors (Lipinski definition) is 4. The molecule has 0 aliphatic rings. The van der Waals surface area contributed by atoms with E-state index in [0.717, 1.165) is 27.8 Å². The molecule has 142 valence electrons. The van der Waals surface area contributed by atoms with E-state index in [9.17, 15) is 9.18 Å². The van der Waals surface area contributed by atoms with E-state index in [2.05, 4.69) is 20.5 Å². The molecular weight excluding hydrogens is 359 g/mol. The SMILES string of the molecule is Cc1nnnn1-c1ccc(CC(=O)N(C)Cc2cc3cc(F)ccc3[nH]2)cc1. The van der Waals surface area contributed by atoms with Crippen molar-refractivity contribution >= 4 is 16.8 Å². The number of rotatable bonds is 5. The smallest absolute Gasteiger partial charge is 0.227 e. The van der Waals surface area contributed by atoms with Crippen LogP contribution in [-0.4, -0.2) is 43.0 Å². The standard InChI is InChI=1S/C20H19FN6O/c1-13-23-24-25-27(13)18-6-3-14(4-7-18)9-20(28)26(2)12-17-11-15-10-16(21)5-8-19(15)22-17/h3-8,10-11,22H,9,12H2,1-2H3. The summed E-state index contributed by atoms with van der Waals surface area (Å²) in [5.74, 6) is 0.417. The molecule has 2 heterocycles. The summed E-state index contributed by atoms with van der Waals surface area (Å²) >= 11 is 0. The molecule has 2 aromatic carbocycles. The number of carbonyl (C=O) groups excluding carboxylic acids is 1. The number of aryl methyl sites for hydroxylation is 1. The van der Waals surface area contributed by atoms with E-state index < -0.39 is 0 Å². The van der Waals surface area contributed by atoms with Gasteiger partial charge in [-0.1, -0.05) is 12.1 Å². The largest absolute Gasteiger partial charge is 0.357 e. The van der Waals surface area contributed by atoms with Crippen LogP contribution in [0.1, 0.15) is 17.1 Å². The number of halogens is 1. The number of aromatic amines is 1. The van der Waals surface area contributed by atoms with E-state index in [4.69, 9.17) is 0 Å². The summed E-state index contributed by atoms with van der Waals surface area (Å²) in [4.78, 5) is 17.4. The van der Waals surface area contributed by atoms with Crippen molar-refractivity contribution in [1.29, 1.82) is 0 Å². The highest BCUT2D eigenvalue weighted by Crippen LogP contribution is 2.18. The second kappa shape index (κ2) is 7.22. The maximum absolute atomic E-state index is 13.3. The summed E-state index contributed by atoms with van der Waals surface area (Å²) in [5, 5.41) is 12.2. The van der Waals surface area contributed by atoms with Crippen LogP contribution in [0.5, 0.6) is 0 Å². The first-order chi connectivity index (χ1) is 13.5. The van der Waals surface area contributed by atoms with Crippen LogP contribution in [0.3, 0.4) is 0 Å². The molecule has 0 saturated carbocycles. The Balaban J connectivity index is 1.41. The molecule has 0 aliphatic carbocycles. The molecule has 0 bridgehead atoms. The van der Waals surface area contributed by atoms with Gasteiger partial charge in [-0.05, 0) is 59.3 Å². The lowest BCUT2D eigenvalue weighted by atomic mass is 10.1. The van der Waals surface area contributed by atoms with E-state index in [1.807, 2.05) is 37.3 Å². The zero-order chi connectivity index (χ0) is 19.7. The summed E-state index contributed by atoms with van der Waals surface area (Å²) in [6.45, 7) is 2.25. The van der Waals surface area contributed by atoms with Crippen LogP contribution in [-0.2, 0) is 17.8 Å². The van der Waals surface area contributed by atoms with Crippen LogP contribution in [0.25, 0.3) is 16.6 Å². The van der Waals surface area contributed by atoms with Crippen molar-refractivity contribution in [2.45, 2.75) is 19.9 Å². The number of likely N-dealkylation sites (N-methyl/N-ethyl adjacent to an activating group) is 1. The third-order valence-electron chi connectivity index (χ3n) is 4.63. The molecule has 7 nitrogen and oxygen atoms in total. The fourth-order valence-electron chi connectivity index (χ4n) is 3.13. The lowest BCUT2D eigenvalue weighted by Crippen LogP contribution is -2.27. The van der Waals surface area contributed by atoms with Crippen molar-refractivity contribution in [3.05, 3.63) is 71.4 Å². The van der Waals surface area contributed by atoms with Crippen LogP contribution in [0.15, 0.2) is 48.5 Å². The molecule has 0 spiro atoms. The summed E-state index contributed by atoms with van der Waals surface area (Å²) < 4.78 is 15.0. The Morgan fingerprint density at radius 2 is 1.96 bits per heavy atom. The fraction of sp³-hybridized carbons (Fsp3) is 0.200. The van der Waals surface area contributed by atoms with Crippen LogP contribution in [0, 0.1) is 12.7 Å². The van der Waals surface area contributed by atoms with Crippen LogP contribution >= 0.6 is 0 Å². The number of nitrogens with zero attached hydrogens (tertiary/aromatic N) is 5. The average Bonchev–Trinajstić information content (AvgIpc) is 3.27. The lowest BCUT2D eigenvalue weighted by molar-refractivity contribution is -0.129. The summed E-state index contributed by atoms with van der Waals surface area (Å²) in [6, 6.07) is 14.0. The second-order valence-electron chi connectivity index (χ2n) is 6.76. The highest BCUT2D eigenvalue weighted by atomic mass is 19.1. The normalized spacial score (nSPS) is 11.1. The lowest BCUT2D eigenvalue weighted by Gasteiger charge is -2.16. The van der Waals surface area contributed by atoms with E-state index in [-0.39, 0.29) is 11.7 Å². The molecule has 28 heavy (non-hydrogen) atoms. The number of hydrogen-bond donors (Lipinski definition) is 1. The van der Waals surface area contributed by atoms with Crippen molar-refractivity contribution < 1.29 is 9.18 Å². The number of H-pyrrole nitrogens is 1. The Bertz CT molecular complexity index is 1130. The number of benzene rings is 2. The maximum Gasteiger partial charge on any atom is 0.227 e. The van der Waals surface area contributed by atoms with E-state index >= 15 is 0 Å². The number of tetrazole rings is 1. The summed E-state index contributed by atoms with van der Waals surface area (Å²) in [6.07, 6.45) is 0.292. The molecule has 0 fully saturated rings. The van der Waals surface area contributed by atoms with Crippen molar-refractivity contribution in [2.75, 3.05) is 7.05 Å². The summed E-state index contributed by atoms with van der Waals surface area (Å²) in [7, 11) is 1.76. The van der Waals surface area contributed by atoms with Gasteiger partial charge in [0.2, 0.25) is 5.91 Å². The van der Waals surface area contributed by atoms with Gasteiger partial charge in [-0.15, -0.1) is 5.10 Å². The molecule has 8 heteroatoms. The van der Waals surface area contributed by atoms with Crippen molar-refractivity contribution in [2.24, 2.45) is 0 Å². The number of aromatic nitrogens is 5. The van der Waals surface area contributed by atoms with Gasteiger partial charge in [0.25, 0.3) is 0 Å². The molecular formula is C20H19FN6O. The Hall–Kier alpha value is -3.55. The number of nitrogens with one attached hydrogen (secondary N) is 1. The Kier molecular flexibility index (Phi) is 4.60. The number of fused-ring (bicyclic) bond motifs is 1. The van der Waals surface area contributed by atoms with Gasteiger partial charge in [0.05, 0.1) is 18.7 Å². The van der Waals surface area contributed by atoms with Gasteiger partial charge < -0.3 is 9.88 Å². The van der Waals surface area contributed by atoms with Crippen molar-refractivity contribution in [3.8, 4) is 5.69 Å². The van der Waals surface area contributed by atoms with E-state index in [1.165, 1.54) is 12.1 Å². The van der Waals surface area contributed by atoms with Crippen molar-refractivity contribution in [3.63, 3.8) is 0 Å². The first-order valence-electron chi connectivity index (χ1n) is 8.85. The first kappa shape index (κ1) is 17.8. The van der Waals surface area contributed by atoms with Gasteiger partial charge in [0.1, 0.15) is 5.82 Å². The van der Waals surface area contributed by atoms with E-state index in [0.29, 0.717) is 18.8 Å². The quantitative estimate of drug-likeness (QED) is 0.579. The fourth-order valence-corrected chi connectivity index (χ4v) is 3.13. The molecule has 0 unspecified atom stereocenters. The van der Waals surface area contributed by atoms with Gasteiger partial charge >= 0.3 is 0 Å². The highest BCUT2D eigenvalue weighted by Gasteiger charge is 2.12. The van der Waals surface area contributed by atoms with Gasteiger partial charge in [0.15, 0.2) is 5.82 Å². The highest BCUT2D eigenvalue weighted by molar-refractivity contribution is 5.81. The van der Waals surface area contributed by atoms with Crippen LogP contribution < -0.4 is 0 Å². The first-order valence-corrected chi connectivity index (χ1v) is 8.85. The molecule has 4 rings (SSSR count). The number of amides is 1. The minimum atomic E-state index is -0.275. The predicted octanol–water partition coefficient (Wildman–Crippen LogP) is 2.79. The van der Waals surface area contributed by atoms with Gasteiger partial charge in [0, 0.05) is 23.6 Å². The Labute approximate surface area is 160 Å². The Morgan fingerprint density at radius 3 is 2.68 bits per heavy atom. The minimum absolute atomic E-state index is 0.00353. The van der Waals surface area contributed by atoms with E-state index in [1.54, 1.807) is 22.7 Å². The molecule has 0 radical (unpaired) electrons. The topological polar surface area (TPSA) is 79.7 Å². The molecule has 0 saturated heterocycles. The third kappa shape index (κ3) is 3.62. The van der Waals surface area contributed by atoms with Crippen LogP contribution in [0.2, 0.25) is 0 Å². The number of carbonyl (C=O) groups is 1. The van der Waals surface area contributed by atoms with Crippen molar-refractivity contribution in [1.82, 2.24) is 30.1 Å². The van der Waals surface area contributed by atoms with Gasteiger partial charge in [-0.25, -0.2) is 4.39 Å². The Morgan fingerprint density at radius 1 is 1.18 bits per heavy atom. The monoisotopic (exact) mass is 378 g/mol. The second-order valence-corrected chi connectivity index (χ2v) is 6.76. The molecule has 2 aromatic heterocycles. The molecule has 4 aromatic rings. The predicted molar refractivity (Wildman–Crippen MR) is 102 cm³/mol. The third-order valence-corrected chi connectivity index (χ3v) is 4.63. The zero-order valence-corrected chi connectivity index (χ0v) is 15.6. The minimum Gasteiger partial charge on any atom is -0.357 e. The summed E-state index contributed by atoms with van der Waals surface area (Å²) in [5.41, 5.74) is 3.47. The molecule has 0 atom stereocenters. The zero-order valence-electron chi connectivity index (χ0n) is 15.6. The van der Waals surface area contributed by atoms with Gasteiger partial charge in [-0.3, -0.25) is 4.79 Å². The van der Waals surface area contributed by atoms with Crippen LogP contribution in [0.4, 0.5) is 4.39 Å². The molecule has 0 aliphatic heterocycles. The van der Waals surface area contributed by atoms with Gasteiger partial charge in [-0.2, -0.15) is 4.68 Å². The maximum atomic E-state index is 13.3. The average molecular weight is 378 g/mol. The molecule has 1 amide bonds.